The van der Waals surface area contributed by atoms with Crippen molar-refractivity contribution in [2.24, 2.45) is 13.0 Å². The quantitative estimate of drug-likeness (QED) is 0.547. The van der Waals surface area contributed by atoms with Gasteiger partial charge in [-0.25, -0.2) is 9.07 Å². The van der Waals surface area contributed by atoms with Crippen molar-refractivity contribution >= 4 is 16.7 Å². The Labute approximate surface area is 185 Å². The zero-order chi connectivity index (χ0) is 22.6. The zero-order valence-electron chi connectivity index (χ0n) is 18.6. The van der Waals surface area contributed by atoms with Gasteiger partial charge in [0.15, 0.2) is 0 Å². The Morgan fingerprint density at radius 3 is 2.78 bits per heavy atom. The summed E-state index contributed by atoms with van der Waals surface area (Å²) in [6, 6.07) is 3.67. The largest absolute Gasteiger partial charge is 0.490 e. The molecule has 2 unspecified atom stereocenters. The molecule has 2 aliphatic rings. The number of fused-ring (bicyclic) bond motifs is 1. The normalized spacial score (nSPS) is 26.8. The Morgan fingerprint density at radius 1 is 1.28 bits per heavy atom. The number of carbonyl (C=O) groups excluding carboxylic acids is 1. The van der Waals surface area contributed by atoms with Gasteiger partial charge in [0.2, 0.25) is 5.95 Å². The van der Waals surface area contributed by atoms with Gasteiger partial charge in [0.25, 0.3) is 0 Å². The van der Waals surface area contributed by atoms with Crippen molar-refractivity contribution in [3.63, 3.8) is 0 Å². The molecule has 0 radical (unpaired) electrons. The molecule has 0 amide bonds. The first kappa shape index (κ1) is 21.1. The number of hydrogen-bond acceptors (Lipinski definition) is 4. The number of ether oxygens (including phenoxy) is 1. The van der Waals surface area contributed by atoms with E-state index in [1.54, 1.807) is 20.2 Å². The summed E-state index contributed by atoms with van der Waals surface area (Å²) in [7, 11) is 1.56. The van der Waals surface area contributed by atoms with Crippen LogP contribution in [0.25, 0.3) is 22.0 Å². The van der Waals surface area contributed by atoms with Crippen molar-refractivity contribution in [1.29, 1.82) is 0 Å². The fraction of sp³-hybridized carbons (Fsp3) is 0.542. The Kier molecular flexibility index (Phi) is 5.06. The summed E-state index contributed by atoms with van der Waals surface area (Å²) < 4.78 is 38.4. The fourth-order valence-electron chi connectivity index (χ4n) is 5.13. The molecular weight excluding hydrogens is 414 g/mol. The molecule has 2 fully saturated rings. The second-order valence-corrected chi connectivity index (χ2v) is 9.67. The minimum atomic E-state index is -1.15. The molecule has 2 saturated carbocycles. The highest BCUT2D eigenvalue weighted by Gasteiger charge is 2.36. The maximum absolute atomic E-state index is 14.8. The van der Waals surface area contributed by atoms with E-state index in [2.05, 4.69) is 10.2 Å². The van der Waals surface area contributed by atoms with E-state index in [0.29, 0.717) is 42.3 Å². The predicted molar refractivity (Wildman–Crippen MR) is 117 cm³/mol. The van der Waals surface area contributed by atoms with Crippen LogP contribution in [0.3, 0.4) is 0 Å². The van der Waals surface area contributed by atoms with E-state index in [9.17, 15) is 13.6 Å². The van der Waals surface area contributed by atoms with Crippen molar-refractivity contribution in [2.75, 3.05) is 0 Å². The molecule has 32 heavy (non-hydrogen) atoms. The lowest BCUT2D eigenvalue weighted by Gasteiger charge is -2.21. The molecule has 0 aliphatic heterocycles. The molecule has 0 N–H and O–H groups in total. The Balaban J connectivity index is 1.49. The van der Waals surface area contributed by atoms with Gasteiger partial charge in [0.05, 0.1) is 29.2 Å². The van der Waals surface area contributed by atoms with E-state index in [-0.39, 0.29) is 23.8 Å². The minimum Gasteiger partial charge on any atom is -0.490 e. The second kappa shape index (κ2) is 7.67. The van der Waals surface area contributed by atoms with Gasteiger partial charge in [-0.2, -0.15) is 14.6 Å². The summed E-state index contributed by atoms with van der Waals surface area (Å²) in [6.07, 6.45) is 7.05. The Bertz CT molecular complexity index is 1180. The van der Waals surface area contributed by atoms with Crippen LogP contribution < -0.4 is 4.74 Å². The van der Waals surface area contributed by atoms with Crippen LogP contribution in [0.4, 0.5) is 8.78 Å². The number of halogens is 2. The SMILES string of the molecule is C[C@@H](Oc1cc(-c2cnn(C3CCC(C)(F)C3)c2)cc2nn(C)c(F)c12)[C@H]1CCC(=O)C1. The third-order valence-electron chi connectivity index (χ3n) is 7.06. The van der Waals surface area contributed by atoms with Gasteiger partial charge in [-0.15, -0.1) is 0 Å². The van der Waals surface area contributed by atoms with Crippen LogP contribution in [0, 0.1) is 11.9 Å². The number of aromatic nitrogens is 4. The van der Waals surface area contributed by atoms with Crippen molar-refractivity contribution in [3.8, 4) is 16.9 Å². The molecule has 2 heterocycles. The number of aryl methyl sites for hydroxylation is 1. The van der Waals surface area contributed by atoms with Gasteiger partial charge >= 0.3 is 0 Å². The van der Waals surface area contributed by atoms with E-state index in [1.165, 1.54) is 4.68 Å². The van der Waals surface area contributed by atoms with Crippen LogP contribution >= 0.6 is 0 Å². The van der Waals surface area contributed by atoms with Gasteiger partial charge in [0.1, 0.15) is 17.2 Å². The Morgan fingerprint density at radius 2 is 2.09 bits per heavy atom. The van der Waals surface area contributed by atoms with E-state index >= 15 is 0 Å². The molecule has 2 aliphatic carbocycles. The monoisotopic (exact) mass is 442 g/mol. The highest BCUT2D eigenvalue weighted by atomic mass is 19.1. The number of Topliss-reactive ketones (excluding diaryl/α,β-unsaturated/α-hetero) is 1. The first-order chi connectivity index (χ1) is 15.2. The number of nitrogens with zero attached hydrogens (tertiary/aromatic N) is 4. The second-order valence-electron chi connectivity index (χ2n) is 9.67. The number of benzene rings is 1. The summed E-state index contributed by atoms with van der Waals surface area (Å²) >= 11 is 0. The van der Waals surface area contributed by atoms with E-state index in [4.69, 9.17) is 4.74 Å². The number of rotatable bonds is 5. The van der Waals surface area contributed by atoms with Gasteiger partial charge in [-0.1, -0.05) is 0 Å². The average molecular weight is 443 g/mol. The zero-order valence-corrected chi connectivity index (χ0v) is 18.6. The molecule has 4 atom stereocenters. The van der Waals surface area contributed by atoms with Gasteiger partial charge in [-0.05, 0) is 50.8 Å². The molecule has 8 heteroatoms. The van der Waals surface area contributed by atoms with Crippen LogP contribution in [0.2, 0.25) is 0 Å². The number of carbonyl (C=O) groups is 1. The van der Waals surface area contributed by atoms with E-state index in [0.717, 1.165) is 24.0 Å². The maximum Gasteiger partial charge on any atom is 0.222 e. The Hall–Kier alpha value is -2.77. The topological polar surface area (TPSA) is 61.9 Å². The number of hydrogen-bond donors (Lipinski definition) is 0. The summed E-state index contributed by atoms with van der Waals surface area (Å²) in [4.78, 5) is 11.7. The first-order valence-corrected chi connectivity index (χ1v) is 11.3. The average Bonchev–Trinajstić information content (AvgIpc) is 3.50. The molecule has 0 spiro atoms. The highest BCUT2D eigenvalue weighted by Crippen LogP contribution is 2.41. The highest BCUT2D eigenvalue weighted by molar-refractivity contribution is 5.90. The van der Waals surface area contributed by atoms with Crippen molar-refractivity contribution < 1.29 is 18.3 Å². The smallest absolute Gasteiger partial charge is 0.222 e. The molecule has 2 aromatic heterocycles. The third-order valence-corrected chi connectivity index (χ3v) is 7.06. The maximum atomic E-state index is 14.8. The van der Waals surface area contributed by atoms with Crippen LogP contribution in [-0.4, -0.2) is 37.1 Å². The summed E-state index contributed by atoms with van der Waals surface area (Å²) in [5.74, 6) is 0.335. The fourth-order valence-corrected chi connectivity index (χ4v) is 5.13. The lowest BCUT2D eigenvalue weighted by molar-refractivity contribution is -0.117. The summed E-state index contributed by atoms with van der Waals surface area (Å²) in [6.45, 7) is 3.58. The van der Waals surface area contributed by atoms with Crippen LogP contribution in [0.1, 0.15) is 58.4 Å². The molecule has 3 aromatic rings. The summed E-state index contributed by atoms with van der Waals surface area (Å²) in [5.41, 5.74) is 1.00. The minimum absolute atomic E-state index is 0.0328. The van der Waals surface area contributed by atoms with Crippen molar-refractivity contribution in [2.45, 2.75) is 70.2 Å². The first-order valence-electron chi connectivity index (χ1n) is 11.3. The number of alkyl halides is 1. The van der Waals surface area contributed by atoms with Gasteiger partial charge < -0.3 is 4.74 Å². The summed E-state index contributed by atoms with van der Waals surface area (Å²) in [5, 5.41) is 9.12. The van der Waals surface area contributed by atoms with Gasteiger partial charge in [-0.3, -0.25) is 9.48 Å². The van der Waals surface area contributed by atoms with E-state index < -0.39 is 11.6 Å². The van der Waals surface area contributed by atoms with Crippen LogP contribution in [0.15, 0.2) is 24.5 Å². The van der Waals surface area contributed by atoms with Crippen LogP contribution in [-0.2, 0) is 11.8 Å². The molecule has 0 bridgehead atoms. The predicted octanol–water partition coefficient (Wildman–Crippen LogP) is 5.17. The molecule has 1 aromatic carbocycles. The lowest BCUT2D eigenvalue weighted by Crippen LogP contribution is -2.22. The molecule has 170 valence electrons. The standard InChI is InChI=1S/C24H28F2N4O2/c1-14(15-4-5-19(31)8-15)32-21-10-16(9-20-22(21)23(25)29(3)28-20)17-12-27-30(13-17)18-6-7-24(2,26)11-18/h9-10,12-15,18H,4-8,11H2,1-3H3/t14-,15+,18?,24?/m1/s1. The van der Waals surface area contributed by atoms with Gasteiger partial charge in [0, 0.05) is 44.0 Å². The molecule has 6 nitrogen and oxygen atoms in total. The van der Waals surface area contributed by atoms with Crippen molar-refractivity contribution in [3.05, 3.63) is 30.5 Å². The number of ketones is 1. The lowest BCUT2D eigenvalue weighted by atomic mass is 10.0. The van der Waals surface area contributed by atoms with Crippen LogP contribution in [0.5, 0.6) is 5.75 Å². The van der Waals surface area contributed by atoms with Crippen molar-refractivity contribution in [1.82, 2.24) is 19.6 Å². The molecule has 5 rings (SSSR count). The molecular formula is C24H28F2N4O2. The third kappa shape index (κ3) is 3.80. The molecule has 0 saturated heterocycles. The van der Waals surface area contributed by atoms with E-state index in [1.807, 2.05) is 29.9 Å².